The highest BCUT2D eigenvalue weighted by molar-refractivity contribution is 7.15. The van der Waals surface area contributed by atoms with Gasteiger partial charge in [0.05, 0.1) is 25.3 Å². The first-order chi connectivity index (χ1) is 6.79. The van der Waals surface area contributed by atoms with Crippen molar-refractivity contribution < 1.29 is 4.90 Å². The number of hydrogen-bond acceptors (Lipinski definition) is 3. The first kappa shape index (κ1) is 9.68. The molecule has 0 aromatic carbocycles. The second-order valence-corrected chi connectivity index (χ2v) is 4.78. The van der Waals surface area contributed by atoms with Crippen LogP contribution in [-0.2, 0) is 12.8 Å². The lowest BCUT2D eigenvalue weighted by molar-refractivity contribution is -0.893. The number of quaternary nitrogens is 1. The molecule has 3 N–H and O–H groups in total. The highest BCUT2D eigenvalue weighted by Gasteiger charge is 2.18. The minimum absolute atomic E-state index is 0.724. The highest BCUT2D eigenvalue weighted by atomic mass is 32.1. The van der Waals surface area contributed by atoms with Gasteiger partial charge in [0.1, 0.15) is 0 Å². The van der Waals surface area contributed by atoms with Crippen LogP contribution in [0.25, 0.3) is 0 Å². The Morgan fingerprint density at radius 2 is 2.29 bits per heavy atom. The monoisotopic (exact) mass is 210 g/mol. The topological polar surface area (TPSA) is 43.4 Å². The van der Waals surface area contributed by atoms with Gasteiger partial charge in [0.25, 0.3) is 0 Å². The molecule has 1 aromatic heterocycles. The maximum Gasteiger partial charge on any atom is 0.180 e. The molecule has 0 bridgehead atoms. The first-order valence-electron chi connectivity index (χ1n) is 4.98. The van der Waals surface area contributed by atoms with Crippen molar-refractivity contribution in [3.05, 3.63) is 23.2 Å². The van der Waals surface area contributed by atoms with E-state index in [4.69, 9.17) is 5.73 Å². The van der Waals surface area contributed by atoms with Crippen LogP contribution in [-0.4, -0.2) is 24.6 Å². The van der Waals surface area contributed by atoms with Gasteiger partial charge in [-0.15, -0.1) is 11.3 Å². The summed E-state index contributed by atoms with van der Waals surface area (Å²) in [5.74, 6) is 0. The average molecular weight is 210 g/mol. The number of anilines is 1. The van der Waals surface area contributed by atoms with Crippen LogP contribution >= 0.6 is 11.3 Å². The second-order valence-electron chi connectivity index (χ2n) is 3.66. The number of rotatable bonds is 2. The molecule has 0 spiro atoms. The largest absolute Gasteiger partial charge is 0.375 e. The van der Waals surface area contributed by atoms with Gasteiger partial charge >= 0.3 is 0 Å². The first-order valence-corrected chi connectivity index (χ1v) is 5.79. The molecule has 1 atom stereocenters. The summed E-state index contributed by atoms with van der Waals surface area (Å²) in [5, 5.41) is 0.724. The van der Waals surface area contributed by atoms with Crippen LogP contribution < -0.4 is 10.6 Å². The third-order valence-corrected chi connectivity index (χ3v) is 3.64. The lowest BCUT2D eigenvalue weighted by atomic mass is 10.2. The molecule has 4 heteroatoms. The molecule has 1 aliphatic heterocycles. The Morgan fingerprint density at radius 1 is 1.50 bits per heavy atom. The fourth-order valence-corrected chi connectivity index (χ4v) is 2.79. The van der Waals surface area contributed by atoms with Crippen molar-refractivity contribution in [2.24, 2.45) is 0 Å². The molecule has 0 radical (unpaired) electrons. The van der Waals surface area contributed by atoms with E-state index >= 15 is 0 Å². The van der Waals surface area contributed by atoms with Crippen molar-refractivity contribution in [1.29, 1.82) is 0 Å². The Kier molecular flexibility index (Phi) is 2.84. The number of aromatic nitrogens is 1. The molecule has 0 saturated heterocycles. The molecular formula is C10H16N3S+. The van der Waals surface area contributed by atoms with Crippen LogP contribution in [0.3, 0.4) is 0 Å². The summed E-state index contributed by atoms with van der Waals surface area (Å²) >= 11 is 1.65. The molecule has 2 heterocycles. The minimum atomic E-state index is 0.724. The molecule has 76 valence electrons. The predicted octanol–water partition coefficient (Wildman–Crippen LogP) is -0.105. The summed E-state index contributed by atoms with van der Waals surface area (Å²) in [6.07, 6.45) is 4.18. The van der Waals surface area contributed by atoms with E-state index in [1.807, 2.05) is 6.08 Å². The second kappa shape index (κ2) is 4.11. The van der Waals surface area contributed by atoms with Gasteiger partial charge in [-0.3, -0.25) is 0 Å². The third kappa shape index (κ3) is 1.96. The number of thiazole rings is 1. The fraction of sp³-hybridized carbons (Fsp3) is 0.500. The summed E-state index contributed by atoms with van der Waals surface area (Å²) < 4.78 is 0. The Hall–Kier alpha value is -0.870. The zero-order valence-electron chi connectivity index (χ0n) is 8.25. The molecule has 0 saturated carbocycles. The van der Waals surface area contributed by atoms with Gasteiger partial charge in [-0.05, 0) is 6.08 Å². The molecule has 1 aromatic rings. The van der Waals surface area contributed by atoms with E-state index < -0.39 is 0 Å². The Labute approximate surface area is 88.3 Å². The van der Waals surface area contributed by atoms with Gasteiger partial charge in [-0.2, -0.15) is 0 Å². The van der Waals surface area contributed by atoms with Gasteiger partial charge in [0.2, 0.25) is 0 Å². The van der Waals surface area contributed by atoms with Crippen LogP contribution in [0.15, 0.2) is 12.7 Å². The van der Waals surface area contributed by atoms with Crippen LogP contribution in [0, 0.1) is 0 Å². The van der Waals surface area contributed by atoms with Crippen LogP contribution in [0.2, 0.25) is 0 Å². The number of fused-ring (bicyclic) bond motifs is 1. The molecular weight excluding hydrogens is 194 g/mol. The van der Waals surface area contributed by atoms with E-state index in [0.717, 1.165) is 31.1 Å². The number of nitrogens with two attached hydrogens (primary N) is 1. The predicted molar refractivity (Wildman–Crippen MR) is 59.7 cm³/mol. The number of nitrogens with zero attached hydrogens (tertiary/aromatic N) is 1. The van der Waals surface area contributed by atoms with Gasteiger partial charge in [-0.1, -0.05) is 6.58 Å². The zero-order chi connectivity index (χ0) is 9.97. The summed E-state index contributed by atoms with van der Waals surface area (Å²) in [4.78, 5) is 7.35. The highest BCUT2D eigenvalue weighted by Crippen LogP contribution is 2.21. The van der Waals surface area contributed by atoms with E-state index in [0.29, 0.717) is 0 Å². The van der Waals surface area contributed by atoms with Crippen molar-refractivity contribution in [3.63, 3.8) is 0 Å². The molecule has 14 heavy (non-hydrogen) atoms. The fourth-order valence-electron chi connectivity index (χ4n) is 1.91. The van der Waals surface area contributed by atoms with E-state index in [1.54, 1.807) is 16.2 Å². The Bertz CT molecular complexity index is 307. The minimum Gasteiger partial charge on any atom is -0.375 e. The number of nitrogens with one attached hydrogen (secondary N) is 1. The number of hydrogen-bond donors (Lipinski definition) is 2. The zero-order valence-corrected chi connectivity index (χ0v) is 9.07. The molecule has 3 nitrogen and oxygen atoms in total. The van der Waals surface area contributed by atoms with Crippen LogP contribution in [0.4, 0.5) is 5.13 Å². The summed E-state index contributed by atoms with van der Waals surface area (Å²) in [5.41, 5.74) is 6.92. The van der Waals surface area contributed by atoms with E-state index in [-0.39, 0.29) is 0 Å². The molecule has 0 aliphatic carbocycles. The van der Waals surface area contributed by atoms with E-state index in [1.165, 1.54) is 17.1 Å². The quantitative estimate of drug-likeness (QED) is 0.669. The number of nitrogen functional groups attached to an aromatic ring is 1. The Morgan fingerprint density at radius 3 is 3.07 bits per heavy atom. The maximum absolute atomic E-state index is 5.69. The van der Waals surface area contributed by atoms with Crippen molar-refractivity contribution in [1.82, 2.24) is 4.98 Å². The Balaban J connectivity index is 2.07. The molecule has 1 aliphatic rings. The van der Waals surface area contributed by atoms with E-state index in [9.17, 15) is 0 Å². The smallest absolute Gasteiger partial charge is 0.180 e. The van der Waals surface area contributed by atoms with Gasteiger partial charge in [0, 0.05) is 17.7 Å². The summed E-state index contributed by atoms with van der Waals surface area (Å²) in [7, 11) is 0. The summed E-state index contributed by atoms with van der Waals surface area (Å²) in [6, 6.07) is 0. The van der Waals surface area contributed by atoms with Crippen molar-refractivity contribution in [3.8, 4) is 0 Å². The molecule has 2 rings (SSSR count). The standard InChI is InChI=1S/C10H15N3S/c1-2-5-13-6-3-8-9(4-7-13)14-10(11)12-8/h2H,1,3-7H2,(H2,11,12)/p+1. The lowest BCUT2D eigenvalue weighted by Gasteiger charge is -2.13. The SMILES string of the molecule is C=CC[NH+]1CCc2nc(N)sc2CC1. The molecule has 0 amide bonds. The third-order valence-electron chi connectivity index (χ3n) is 2.65. The van der Waals surface area contributed by atoms with Crippen LogP contribution in [0.5, 0.6) is 0 Å². The van der Waals surface area contributed by atoms with Gasteiger partial charge < -0.3 is 10.6 Å². The molecule has 1 unspecified atom stereocenters. The molecule has 0 fully saturated rings. The van der Waals surface area contributed by atoms with Gasteiger partial charge in [-0.25, -0.2) is 4.98 Å². The lowest BCUT2D eigenvalue weighted by Crippen LogP contribution is -3.12. The van der Waals surface area contributed by atoms with Crippen molar-refractivity contribution >= 4 is 16.5 Å². The normalized spacial score (nSPS) is 21.3. The maximum atomic E-state index is 5.69. The summed E-state index contributed by atoms with van der Waals surface area (Å²) in [6.45, 7) is 7.18. The average Bonchev–Trinajstić information content (AvgIpc) is 2.42. The van der Waals surface area contributed by atoms with Crippen molar-refractivity contribution in [2.75, 3.05) is 25.4 Å². The van der Waals surface area contributed by atoms with Crippen molar-refractivity contribution in [2.45, 2.75) is 12.8 Å². The van der Waals surface area contributed by atoms with Crippen LogP contribution in [0.1, 0.15) is 10.6 Å². The van der Waals surface area contributed by atoms with E-state index in [2.05, 4.69) is 11.6 Å². The van der Waals surface area contributed by atoms with Gasteiger partial charge in [0.15, 0.2) is 5.13 Å².